The molecule has 0 amide bonds. The van der Waals surface area contributed by atoms with E-state index < -0.39 is 0 Å². The van der Waals surface area contributed by atoms with E-state index >= 15 is 0 Å². The van der Waals surface area contributed by atoms with Gasteiger partial charge in [-0.05, 0) is 35.3 Å². The second-order valence-electron chi connectivity index (χ2n) is 3.59. The molecule has 0 saturated carbocycles. The van der Waals surface area contributed by atoms with Crippen LogP contribution in [-0.2, 0) is 6.42 Å². The summed E-state index contributed by atoms with van der Waals surface area (Å²) in [5.41, 5.74) is 1.67. The first kappa shape index (κ1) is 11.3. The summed E-state index contributed by atoms with van der Waals surface area (Å²) in [4.78, 5) is 3.86. The molecule has 0 spiro atoms. The monoisotopic (exact) mass is 227 g/mol. The number of hydrogen-bond donors (Lipinski definition) is 0. The Hall–Kier alpha value is -2.23. The van der Waals surface area contributed by atoms with Crippen LogP contribution in [0.5, 0.6) is 0 Å². The van der Waals surface area contributed by atoms with Crippen molar-refractivity contribution >= 4 is 5.90 Å². The number of hydrogen-bond acceptors (Lipinski definition) is 3. The lowest BCUT2D eigenvalue weighted by Crippen LogP contribution is -2.33. The van der Waals surface area contributed by atoms with E-state index in [-0.39, 0.29) is 5.90 Å². The third-order valence-electron chi connectivity index (χ3n) is 2.39. The molecule has 2 aromatic heterocycles. The number of aromatic nitrogens is 2. The van der Waals surface area contributed by atoms with Crippen molar-refractivity contribution in [2.45, 2.75) is 13.3 Å². The Balaban J connectivity index is 2.29. The Bertz CT molecular complexity index is 523. The molecule has 0 aliphatic heterocycles. The fourth-order valence-corrected chi connectivity index (χ4v) is 1.44. The predicted molar refractivity (Wildman–Crippen MR) is 62.2 cm³/mol. The van der Waals surface area contributed by atoms with E-state index in [0.29, 0.717) is 5.56 Å². The largest absolute Gasteiger partial charge is 0.854 e. The standard InChI is InChI=1S/C13H13N3O/c1-2-11-4-3-9-16(10-11)15-13(17)12-5-7-14-8-6-12/h3-10H,2H2,1H3. The molecule has 86 valence electrons. The molecule has 2 rings (SSSR count). The van der Waals surface area contributed by atoms with Crippen molar-refractivity contribution in [2.24, 2.45) is 5.10 Å². The molecule has 0 saturated heterocycles. The van der Waals surface area contributed by atoms with Crippen molar-refractivity contribution in [2.75, 3.05) is 0 Å². The molecule has 0 atom stereocenters. The van der Waals surface area contributed by atoms with E-state index in [4.69, 9.17) is 0 Å². The van der Waals surface area contributed by atoms with Gasteiger partial charge in [0.05, 0.1) is 5.90 Å². The van der Waals surface area contributed by atoms with E-state index in [1.165, 1.54) is 0 Å². The van der Waals surface area contributed by atoms with Crippen LogP contribution in [0.4, 0.5) is 0 Å². The first-order valence-corrected chi connectivity index (χ1v) is 5.46. The average Bonchev–Trinajstić information content (AvgIpc) is 2.40. The van der Waals surface area contributed by atoms with Crippen molar-refractivity contribution in [1.29, 1.82) is 0 Å². The molecule has 0 aromatic carbocycles. The Morgan fingerprint density at radius 1 is 1.35 bits per heavy atom. The first-order chi connectivity index (χ1) is 8.29. The molecule has 0 N–H and O–H groups in total. The summed E-state index contributed by atoms with van der Waals surface area (Å²) in [7, 11) is 0. The molecular weight excluding hydrogens is 214 g/mol. The zero-order valence-corrected chi connectivity index (χ0v) is 9.58. The van der Waals surface area contributed by atoms with Gasteiger partial charge in [-0.2, -0.15) is 0 Å². The highest BCUT2D eigenvalue weighted by Gasteiger charge is 2.00. The highest BCUT2D eigenvalue weighted by molar-refractivity contribution is 5.89. The third kappa shape index (κ3) is 2.87. The summed E-state index contributed by atoms with van der Waals surface area (Å²) in [6.07, 6.45) is 7.67. The van der Waals surface area contributed by atoms with Crippen molar-refractivity contribution in [3.05, 3.63) is 60.2 Å². The van der Waals surface area contributed by atoms with Gasteiger partial charge in [0.25, 0.3) is 0 Å². The molecule has 17 heavy (non-hydrogen) atoms. The van der Waals surface area contributed by atoms with Gasteiger partial charge in [-0.15, -0.1) is 0 Å². The van der Waals surface area contributed by atoms with Gasteiger partial charge in [0.2, 0.25) is 12.4 Å². The van der Waals surface area contributed by atoms with Crippen LogP contribution in [0, 0.1) is 0 Å². The Morgan fingerprint density at radius 3 is 2.82 bits per heavy atom. The fourth-order valence-electron chi connectivity index (χ4n) is 1.44. The lowest BCUT2D eigenvalue weighted by molar-refractivity contribution is -0.681. The van der Waals surface area contributed by atoms with E-state index in [9.17, 15) is 5.11 Å². The normalized spacial score (nSPS) is 11.5. The molecule has 0 fully saturated rings. The second kappa shape index (κ2) is 5.21. The summed E-state index contributed by atoms with van der Waals surface area (Å²) in [6, 6.07) is 7.18. The maximum atomic E-state index is 11.8. The topological polar surface area (TPSA) is 52.2 Å². The number of rotatable bonds is 3. The second-order valence-corrected chi connectivity index (χ2v) is 3.59. The van der Waals surface area contributed by atoms with Gasteiger partial charge in [0.1, 0.15) is 0 Å². The van der Waals surface area contributed by atoms with Crippen LogP contribution >= 0.6 is 0 Å². The quantitative estimate of drug-likeness (QED) is 0.435. The van der Waals surface area contributed by atoms with Gasteiger partial charge in [-0.1, -0.05) is 11.6 Å². The van der Waals surface area contributed by atoms with Crippen LogP contribution in [0.2, 0.25) is 0 Å². The third-order valence-corrected chi connectivity index (χ3v) is 2.39. The maximum absolute atomic E-state index is 11.8. The van der Waals surface area contributed by atoms with Gasteiger partial charge < -0.3 is 5.11 Å². The maximum Gasteiger partial charge on any atom is 0.205 e. The molecule has 2 heterocycles. The molecule has 4 nitrogen and oxygen atoms in total. The van der Waals surface area contributed by atoms with Gasteiger partial charge in [-0.3, -0.25) is 4.98 Å². The Kier molecular flexibility index (Phi) is 3.45. The van der Waals surface area contributed by atoms with Crippen LogP contribution in [-0.4, -0.2) is 10.9 Å². The molecule has 0 aliphatic carbocycles. The van der Waals surface area contributed by atoms with Gasteiger partial charge in [0, 0.05) is 24.0 Å². The molecule has 0 unspecified atom stereocenters. The van der Waals surface area contributed by atoms with Crippen LogP contribution in [0.3, 0.4) is 0 Å². The predicted octanol–water partition coefficient (Wildman–Crippen LogP) is 0.502. The molecule has 4 heteroatoms. The van der Waals surface area contributed by atoms with Crippen molar-refractivity contribution < 1.29 is 9.78 Å². The van der Waals surface area contributed by atoms with Gasteiger partial charge >= 0.3 is 0 Å². The van der Waals surface area contributed by atoms with Crippen molar-refractivity contribution in [3.63, 3.8) is 0 Å². The Morgan fingerprint density at radius 2 is 2.12 bits per heavy atom. The lowest BCUT2D eigenvalue weighted by Gasteiger charge is -2.05. The number of aryl methyl sites for hydroxylation is 1. The van der Waals surface area contributed by atoms with Crippen LogP contribution in [0.15, 0.2) is 54.2 Å². The summed E-state index contributed by atoms with van der Waals surface area (Å²) in [5.74, 6) is -0.273. The average molecular weight is 227 g/mol. The molecule has 0 aliphatic rings. The lowest BCUT2D eigenvalue weighted by atomic mass is 10.2. The first-order valence-electron chi connectivity index (χ1n) is 5.46. The minimum Gasteiger partial charge on any atom is -0.854 e. The summed E-state index contributed by atoms with van der Waals surface area (Å²) in [6.45, 7) is 2.06. The number of nitrogens with zero attached hydrogens (tertiary/aromatic N) is 3. The SMILES string of the molecule is CCc1ccc[n+](/N=C(\[O-])c2ccncc2)c1. The molecule has 0 radical (unpaired) electrons. The zero-order valence-electron chi connectivity index (χ0n) is 9.58. The molecule has 2 aromatic rings. The minimum atomic E-state index is -0.273. The van der Waals surface area contributed by atoms with Crippen LogP contribution in [0.25, 0.3) is 0 Å². The van der Waals surface area contributed by atoms with E-state index in [2.05, 4.69) is 17.0 Å². The van der Waals surface area contributed by atoms with E-state index in [1.807, 2.05) is 18.3 Å². The van der Waals surface area contributed by atoms with Crippen LogP contribution < -0.4 is 9.78 Å². The van der Waals surface area contributed by atoms with E-state index in [0.717, 1.165) is 12.0 Å². The smallest absolute Gasteiger partial charge is 0.205 e. The van der Waals surface area contributed by atoms with E-state index in [1.54, 1.807) is 35.4 Å². The Labute approximate surface area is 99.9 Å². The number of pyridine rings is 2. The minimum absolute atomic E-state index is 0.273. The van der Waals surface area contributed by atoms with Crippen LogP contribution in [0.1, 0.15) is 18.1 Å². The zero-order chi connectivity index (χ0) is 12.1. The van der Waals surface area contributed by atoms with Gasteiger partial charge in [-0.25, -0.2) is 0 Å². The summed E-state index contributed by atoms with van der Waals surface area (Å²) >= 11 is 0. The van der Waals surface area contributed by atoms with Gasteiger partial charge in [0.15, 0.2) is 0 Å². The summed E-state index contributed by atoms with van der Waals surface area (Å²) in [5, 5.41) is 15.8. The fraction of sp³-hybridized carbons (Fsp3) is 0.154. The highest BCUT2D eigenvalue weighted by atomic mass is 16.3. The molecule has 0 bridgehead atoms. The highest BCUT2D eigenvalue weighted by Crippen LogP contribution is 1.96. The van der Waals surface area contributed by atoms with Crippen molar-refractivity contribution in [3.8, 4) is 0 Å². The summed E-state index contributed by atoms with van der Waals surface area (Å²) < 4.78 is 1.54. The molecular formula is C13H13N3O. The van der Waals surface area contributed by atoms with Crippen molar-refractivity contribution in [1.82, 2.24) is 4.98 Å².